The Bertz CT molecular complexity index is 938. The van der Waals surface area contributed by atoms with Gasteiger partial charge in [-0.05, 0) is 56.1 Å². The fraction of sp³-hybridized carbons (Fsp3) is 0.333. The molecule has 1 saturated heterocycles. The Hall–Kier alpha value is -1.95. The molecule has 1 aliphatic rings. The van der Waals surface area contributed by atoms with Gasteiger partial charge in [0.15, 0.2) is 0 Å². The van der Waals surface area contributed by atoms with E-state index in [0.29, 0.717) is 11.6 Å². The van der Waals surface area contributed by atoms with Crippen molar-refractivity contribution in [1.29, 1.82) is 0 Å². The second-order valence-corrected chi connectivity index (χ2v) is 8.43. The molecule has 1 atom stereocenters. The van der Waals surface area contributed by atoms with Crippen LogP contribution in [0.1, 0.15) is 35.9 Å². The zero-order chi connectivity index (χ0) is 18.8. The number of halogens is 1. The van der Waals surface area contributed by atoms with E-state index in [4.69, 9.17) is 16.6 Å². The molecule has 0 spiro atoms. The lowest BCUT2D eigenvalue weighted by molar-refractivity contribution is -0.118. The number of likely N-dealkylation sites (tertiary alicyclic amines) is 1. The molecule has 140 valence electrons. The SMILES string of the molecule is Cc1c(Cl)cccc1NC(=O)CN1CCCC[C@H]1c1nc2ccccc2s1. The zero-order valence-electron chi connectivity index (χ0n) is 15.2. The summed E-state index contributed by atoms with van der Waals surface area (Å²) in [5, 5.41) is 4.79. The number of thiazole rings is 1. The third-order valence-electron chi connectivity index (χ3n) is 5.10. The monoisotopic (exact) mass is 399 g/mol. The Morgan fingerprint density at radius 1 is 1.26 bits per heavy atom. The van der Waals surface area contributed by atoms with Crippen LogP contribution in [0.25, 0.3) is 10.2 Å². The average molecular weight is 400 g/mol. The molecule has 0 saturated carbocycles. The number of aromatic nitrogens is 1. The first-order valence-corrected chi connectivity index (χ1v) is 10.5. The van der Waals surface area contributed by atoms with Gasteiger partial charge >= 0.3 is 0 Å². The summed E-state index contributed by atoms with van der Waals surface area (Å²) in [5.41, 5.74) is 2.72. The minimum atomic E-state index is -0.00613. The van der Waals surface area contributed by atoms with Crippen LogP contribution < -0.4 is 5.32 Å². The molecule has 2 heterocycles. The highest BCUT2D eigenvalue weighted by atomic mass is 35.5. The molecule has 0 bridgehead atoms. The van der Waals surface area contributed by atoms with Gasteiger partial charge in [0.2, 0.25) is 5.91 Å². The van der Waals surface area contributed by atoms with Gasteiger partial charge in [0, 0.05) is 10.7 Å². The topological polar surface area (TPSA) is 45.2 Å². The summed E-state index contributed by atoms with van der Waals surface area (Å²) in [6.45, 7) is 3.21. The molecule has 1 N–H and O–H groups in total. The largest absolute Gasteiger partial charge is 0.325 e. The van der Waals surface area contributed by atoms with E-state index in [-0.39, 0.29) is 11.9 Å². The van der Waals surface area contributed by atoms with Crippen molar-refractivity contribution >= 4 is 44.7 Å². The number of benzene rings is 2. The van der Waals surface area contributed by atoms with Crippen LogP contribution in [0.4, 0.5) is 5.69 Å². The highest BCUT2D eigenvalue weighted by Crippen LogP contribution is 2.35. The van der Waals surface area contributed by atoms with Crippen molar-refractivity contribution in [2.24, 2.45) is 0 Å². The van der Waals surface area contributed by atoms with Gasteiger partial charge in [-0.2, -0.15) is 0 Å². The van der Waals surface area contributed by atoms with Gasteiger partial charge in [-0.1, -0.05) is 36.2 Å². The number of nitrogens with one attached hydrogen (secondary N) is 1. The van der Waals surface area contributed by atoms with E-state index in [0.717, 1.165) is 41.2 Å². The molecule has 0 unspecified atom stereocenters. The number of carbonyl (C=O) groups excluding carboxylic acids is 1. The second-order valence-electron chi connectivity index (χ2n) is 6.96. The Morgan fingerprint density at radius 3 is 2.96 bits per heavy atom. The van der Waals surface area contributed by atoms with Crippen LogP contribution in [0.2, 0.25) is 5.02 Å². The maximum absolute atomic E-state index is 12.7. The van der Waals surface area contributed by atoms with Crippen LogP contribution in [0.3, 0.4) is 0 Å². The molecule has 4 nitrogen and oxygen atoms in total. The van der Waals surface area contributed by atoms with Gasteiger partial charge in [-0.25, -0.2) is 4.98 Å². The number of piperidine rings is 1. The molecular formula is C21H22ClN3OS. The number of fused-ring (bicyclic) bond motifs is 1. The van der Waals surface area contributed by atoms with Crippen molar-refractivity contribution in [2.75, 3.05) is 18.4 Å². The quantitative estimate of drug-likeness (QED) is 0.636. The first kappa shape index (κ1) is 18.4. The van der Waals surface area contributed by atoms with Crippen LogP contribution in [-0.4, -0.2) is 28.9 Å². The molecule has 4 rings (SSSR count). The molecule has 6 heteroatoms. The molecule has 0 radical (unpaired) electrons. The Morgan fingerprint density at radius 2 is 2.11 bits per heavy atom. The van der Waals surface area contributed by atoms with Crippen LogP contribution in [0.15, 0.2) is 42.5 Å². The standard InChI is InChI=1S/C21H22ClN3OS/c1-14-15(22)7-6-9-16(14)23-20(26)13-25-12-5-4-10-18(25)21-24-17-8-2-3-11-19(17)27-21/h2-3,6-9,11,18H,4-5,10,12-13H2,1H3,(H,23,26)/t18-/m0/s1. The Balaban J connectivity index is 1.50. The summed E-state index contributed by atoms with van der Waals surface area (Å²) in [7, 11) is 0. The minimum Gasteiger partial charge on any atom is -0.325 e. The highest BCUT2D eigenvalue weighted by Gasteiger charge is 2.28. The lowest BCUT2D eigenvalue weighted by Crippen LogP contribution is -2.39. The lowest BCUT2D eigenvalue weighted by atomic mass is 10.0. The molecule has 27 heavy (non-hydrogen) atoms. The van der Waals surface area contributed by atoms with Gasteiger partial charge in [0.05, 0.1) is 22.8 Å². The number of anilines is 1. The predicted molar refractivity (Wildman–Crippen MR) is 113 cm³/mol. The molecule has 1 aliphatic heterocycles. The van der Waals surface area contributed by atoms with Crippen molar-refractivity contribution in [3.05, 3.63) is 58.1 Å². The average Bonchev–Trinajstić information content (AvgIpc) is 3.10. The first-order chi connectivity index (χ1) is 13.1. The normalized spacial score (nSPS) is 17.9. The van der Waals surface area contributed by atoms with Crippen molar-refractivity contribution < 1.29 is 4.79 Å². The second kappa shape index (κ2) is 7.97. The van der Waals surface area contributed by atoms with Gasteiger partial charge in [-0.15, -0.1) is 11.3 Å². The summed E-state index contributed by atoms with van der Waals surface area (Å²) in [6.07, 6.45) is 3.33. The fourth-order valence-electron chi connectivity index (χ4n) is 3.61. The molecule has 1 aromatic heterocycles. The number of nitrogens with zero attached hydrogens (tertiary/aromatic N) is 2. The van der Waals surface area contributed by atoms with E-state index in [9.17, 15) is 4.79 Å². The summed E-state index contributed by atoms with van der Waals surface area (Å²) in [4.78, 5) is 19.8. The molecule has 1 fully saturated rings. The number of amides is 1. The smallest absolute Gasteiger partial charge is 0.238 e. The van der Waals surface area contributed by atoms with Crippen molar-refractivity contribution in [2.45, 2.75) is 32.2 Å². The van der Waals surface area contributed by atoms with Gasteiger partial charge in [0.25, 0.3) is 0 Å². The summed E-state index contributed by atoms with van der Waals surface area (Å²) in [6, 6.07) is 14.0. The maximum atomic E-state index is 12.7. The van der Waals surface area contributed by atoms with E-state index in [2.05, 4.69) is 22.3 Å². The van der Waals surface area contributed by atoms with Crippen molar-refractivity contribution in [3.8, 4) is 0 Å². The molecule has 2 aromatic carbocycles. The first-order valence-electron chi connectivity index (χ1n) is 9.26. The molecule has 1 amide bonds. The predicted octanol–water partition coefficient (Wildman–Crippen LogP) is 5.42. The Kier molecular flexibility index (Phi) is 5.43. The number of hydrogen-bond donors (Lipinski definition) is 1. The van der Waals surface area contributed by atoms with Crippen LogP contribution in [0, 0.1) is 6.92 Å². The number of para-hydroxylation sites is 1. The third kappa shape index (κ3) is 4.00. The summed E-state index contributed by atoms with van der Waals surface area (Å²) < 4.78 is 1.21. The van der Waals surface area contributed by atoms with Crippen molar-refractivity contribution in [3.63, 3.8) is 0 Å². The molecule has 3 aromatic rings. The third-order valence-corrected chi connectivity index (χ3v) is 6.64. The number of carbonyl (C=O) groups is 1. The number of rotatable bonds is 4. The Labute approximate surface area is 168 Å². The van der Waals surface area contributed by atoms with Gasteiger partial charge < -0.3 is 5.32 Å². The fourth-order valence-corrected chi connectivity index (χ4v) is 4.92. The summed E-state index contributed by atoms with van der Waals surface area (Å²) >= 11 is 7.90. The number of hydrogen-bond acceptors (Lipinski definition) is 4. The van der Waals surface area contributed by atoms with E-state index < -0.39 is 0 Å². The molecule has 0 aliphatic carbocycles. The highest BCUT2D eigenvalue weighted by molar-refractivity contribution is 7.18. The van der Waals surface area contributed by atoms with Crippen LogP contribution >= 0.6 is 22.9 Å². The zero-order valence-corrected chi connectivity index (χ0v) is 16.8. The van der Waals surface area contributed by atoms with E-state index in [1.54, 1.807) is 11.3 Å². The van der Waals surface area contributed by atoms with E-state index >= 15 is 0 Å². The van der Waals surface area contributed by atoms with Crippen molar-refractivity contribution in [1.82, 2.24) is 9.88 Å². The lowest BCUT2D eigenvalue weighted by Gasteiger charge is -2.33. The van der Waals surface area contributed by atoms with E-state index in [1.165, 1.54) is 11.1 Å². The van der Waals surface area contributed by atoms with Gasteiger partial charge in [0.1, 0.15) is 5.01 Å². The van der Waals surface area contributed by atoms with Crippen LogP contribution in [-0.2, 0) is 4.79 Å². The molecular weight excluding hydrogens is 378 g/mol. The maximum Gasteiger partial charge on any atom is 0.238 e. The summed E-state index contributed by atoms with van der Waals surface area (Å²) in [5.74, 6) is -0.00613. The van der Waals surface area contributed by atoms with E-state index in [1.807, 2.05) is 37.3 Å². The van der Waals surface area contributed by atoms with Crippen LogP contribution in [0.5, 0.6) is 0 Å². The van der Waals surface area contributed by atoms with Gasteiger partial charge in [-0.3, -0.25) is 9.69 Å². The minimum absolute atomic E-state index is 0.00613.